The Hall–Kier alpha value is -2.56. The van der Waals surface area contributed by atoms with E-state index in [1.807, 2.05) is 17.5 Å². The Kier molecular flexibility index (Phi) is 6.61. The number of rotatable bonds is 8. The molecule has 0 spiro atoms. The Morgan fingerprint density at radius 2 is 2.25 bits per heavy atom. The number of aliphatic hydroxyl groups is 1. The molecular formula is C17H18N2O4S. The van der Waals surface area contributed by atoms with Gasteiger partial charge in [0, 0.05) is 11.4 Å². The van der Waals surface area contributed by atoms with Gasteiger partial charge in [-0.2, -0.15) is 5.26 Å². The second-order valence-electron chi connectivity index (χ2n) is 4.89. The number of carbonyl (C=O) groups excluding carboxylic acids is 1. The van der Waals surface area contributed by atoms with Crippen LogP contribution in [0.2, 0.25) is 0 Å². The molecule has 1 aromatic carbocycles. The maximum atomic E-state index is 11.9. The summed E-state index contributed by atoms with van der Waals surface area (Å²) in [4.78, 5) is 12.5. The highest BCUT2D eigenvalue weighted by molar-refractivity contribution is 7.10. The van der Waals surface area contributed by atoms with E-state index in [-0.39, 0.29) is 6.61 Å². The molecule has 126 valence electrons. The fraction of sp³-hybridized carbons (Fsp3) is 0.294. The van der Waals surface area contributed by atoms with Gasteiger partial charge >= 0.3 is 0 Å². The Morgan fingerprint density at radius 3 is 2.92 bits per heavy atom. The summed E-state index contributed by atoms with van der Waals surface area (Å²) < 4.78 is 10.5. The van der Waals surface area contributed by atoms with Crippen LogP contribution in [0.5, 0.6) is 11.5 Å². The lowest BCUT2D eigenvalue weighted by Crippen LogP contribution is -2.30. The van der Waals surface area contributed by atoms with Crippen molar-refractivity contribution in [3.05, 3.63) is 46.2 Å². The molecule has 1 atom stereocenters. The van der Waals surface area contributed by atoms with E-state index in [4.69, 9.17) is 14.7 Å². The first-order valence-electron chi connectivity index (χ1n) is 7.31. The molecule has 0 bridgehead atoms. The van der Waals surface area contributed by atoms with Crippen molar-refractivity contribution in [1.82, 2.24) is 5.32 Å². The van der Waals surface area contributed by atoms with Crippen LogP contribution in [-0.2, 0) is 11.2 Å². The monoisotopic (exact) mass is 346 g/mol. The minimum absolute atomic E-state index is 0.0492. The van der Waals surface area contributed by atoms with Gasteiger partial charge in [0.15, 0.2) is 24.2 Å². The molecule has 0 saturated carbocycles. The number of hydrogen-bond acceptors (Lipinski definition) is 6. The van der Waals surface area contributed by atoms with E-state index in [9.17, 15) is 9.90 Å². The molecule has 0 saturated heterocycles. The van der Waals surface area contributed by atoms with E-state index in [0.29, 0.717) is 29.3 Å². The summed E-state index contributed by atoms with van der Waals surface area (Å²) in [5.74, 6) is 0.617. The van der Waals surface area contributed by atoms with Gasteiger partial charge in [-0.3, -0.25) is 4.79 Å². The van der Waals surface area contributed by atoms with Crippen LogP contribution in [0, 0.1) is 11.3 Å². The predicted octanol–water partition coefficient (Wildman–Crippen LogP) is 2.05. The van der Waals surface area contributed by atoms with Crippen LogP contribution < -0.4 is 14.8 Å². The third kappa shape index (κ3) is 4.72. The molecule has 2 N–H and O–H groups in total. The quantitative estimate of drug-likeness (QED) is 0.763. The first-order valence-corrected chi connectivity index (χ1v) is 8.19. The molecule has 0 aliphatic heterocycles. The van der Waals surface area contributed by atoms with Crippen molar-refractivity contribution < 1.29 is 19.4 Å². The fourth-order valence-corrected chi connectivity index (χ4v) is 2.81. The molecule has 6 nitrogen and oxygen atoms in total. The van der Waals surface area contributed by atoms with E-state index >= 15 is 0 Å². The van der Waals surface area contributed by atoms with Gasteiger partial charge in [0.05, 0.1) is 7.11 Å². The third-order valence-electron chi connectivity index (χ3n) is 3.29. The molecule has 2 aromatic rings. The summed E-state index contributed by atoms with van der Waals surface area (Å²) in [6.07, 6.45) is -0.557. The standard InChI is InChI=1S/C17H18N2O4S/c1-22-14-11-12(4-5-13(14)23-9-7-18)6-8-19-17(21)16(20)15-3-2-10-24-15/h2-5,10-11,16,20H,6,8-9H2,1H3,(H,19,21). The van der Waals surface area contributed by atoms with E-state index in [2.05, 4.69) is 5.32 Å². The summed E-state index contributed by atoms with van der Waals surface area (Å²) in [7, 11) is 1.53. The van der Waals surface area contributed by atoms with Crippen LogP contribution in [0.25, 0.3) is 0 Å². The van der Waals surface area contributed by atoms with Gasteiger partial charge in [-0.15, -0.1) is 11.3 Å². The molecule has 1 amide bonds. The molecule has 7 heteroatoms. The van der Waals surface area contributed by atoms with Gasteiger partial charge in [-0.1, -0.05) is 12.1 Å². The van der Waals surface area contributed by atoms with Crippen molar-refractivity contribution in [2.45, 2.75) is 12.5 Å². The highest BCUT2D eigenvalue weighted by atomic mass is 32.1. The summed E-state index contributed by atoms with van der Waals surface area (Å²) in [5, 5.41) is 23.0. The van der Waals surface area contributed by atoms with Crippen molar-refractivity contribution in [1.29, 1.82) is 5.26 Å². The molecule has 1 unspecified atom stereocenters. The number of benzene rings is 1. The Balaban J connectivity index is 1.88. The Bertz CT molecular complexity index is 710. The zero-order valence-electron chi connectivity index (χ0n) is 13.2. The van der Waals surface area contributed by atoms with Gasteiger partial charge in [0.1, 0.15) is 6.07 Å². The zero-order valence-corrected chi connectivity index (χ0v) is 14.0. The molecule has 0 radical (unpaired) electrons. The summed E-state index contributed by atoms with van der Waals surface area (Å²) in [5.41, 5.74) is 0.946. The lowest BCUT2D eigenvalue weighted by atomic mass is 10.1. The van der Waals surface area contributed by atoms with E-state index in [1.54, 1.807) is 24.3 Å². The van der Waals surface area contributed by atoms with E-state index < -0.39 is 12.0 Å². The maximum absolute atomic E-state index is 11.9. The summed E-state index contributed by atoms with van der Waals surface area (Å²) in [6, 6.07) is 10.8. The molecule has 1 aromatic heterocycles. The molecule has 0 aliphatic rings. The Labute approximate surface area is 144 Å². The minimum atomic E-state index is -1.14. The number of hydrogen-bond donors (Lipinski definition) is 2. The fourth-order valence-electron chi connectivity index (χ4n) is 2.10. The second-order valence-corrected chi connectivity index (χ2v) is 5.87. The van der Waals surface area contributed by atoms with Crippen LogP contribution in [0.15, 0.2) is 35.7 Å². The lowest BCUT2D eigenvalue weighted by molar-refractivity contribution is -0.129. The molecule has 24 heavy (non-hydrogen) atoms. The second kappa shape index (κ2) is 8.91. The number of nitrogens with zero attached hydrogens (tertiary/aromatic N) is 1. The minimum Gasteiger partial charge on any atom is -0.493 e. The van der Waals surface area contributed by atoms with Crippen LogP contribution >= 0.6 is 11.3 Å². The molecule has 0 fully saturated rings. The van der Waals surface area contributed by atoms with Crippen molar-refractivity contribution in [3.8, 4) is 17.6 Å². The number of thiophene rings is 1. The number of amides is 1. The number of carbonyl (C=O) groups is 1. The highest BCUT2D eigenvalue weighted by Gasteiger charge is 2.17. The molecular weight excluding hydrogens is 328 g/mol. The lowest BCUT2D eigenvalue weighted by Gasteiger charge is -2.12. The van der Waals surface area contributed by atoms with Crippen molar-refractivity contribution >= 4 is 17.2 Å². The number of aliphatic hydroxyl groups excluding tert-OH is 1. The normalized spacial score (nSPS) is 11.4. The molecule has 0 aliphatic carbocycles. The van der Waals surface area contributed by atoms with Gasteiger partial charge in [0.2, 0.25) is 0 Å². The Morgan fingerprint density at radius 1 is 1.42 bits per heavy atom. The van der Waals surface area contributed by atoms with E-state index in [1.165, 1.54) is 18.4 Å². The SMILES string of the molecule is COc1cc(CCNC(=O)C(O)c2cccs2)ccc1OCC#N. The van der Waals surface area contributed by atoms with Crippen molar-refractivity contribution in [2.24, 2.45) is 0 Å². The molecule has 2 rings (SSSR count). The van der Waals surface area contributed by atoms with Gasteiger partial charge in [-0.25, -0.2) is 0 Å². The summed E-state index contributed by atoms with van der Waals surface area (Å²) >= 11 is 1.34. The van der Waals surface area contributed by atoms with Gasteiger partial charge in [-0.05, 0) is 35.6 Å². The van der Waals surface area contributed by atoms with Crippen LogP contribution in [0.3, 0.4) is 0 Å². The van der Waals surface area contributed by atoms with Crippen LogP contribution in [-0.4, -0.2) is 31.3 Å². The maximum Gasteiger partial charge on any atom is 0.254 e. The number of ether oxygens (including phenoxy) is 2. The first kappa shape index (κ1) is 17.8. The number of methoxy groups -OCH3 is 1. The average Bonchev–Trinajstić information content (AvgIpc) is 3.14. The number of nitriles is 1. The highest BCUT2D eigenvalue weighted by Crippen LogP contribution is 2.28. The molecule has 1 heterocycles. The third-order valence-corrected chi connectivity index (χ3v) is 4.22. The summed E-state index contributed by atoms with van der Waals surface area (Å²) in [6.45, 7) is 0.342. The van der Waals surface area contributed by atoms with Crippen molar-refractivity contribution in [3.63, 3.8) is 0 Å². The van der Waals surface area contributed by atoms with Crippen LogP contribution in [0.4, 0.5) is 0 Å². The van der Waals surface area contributed by atoms with E-state index in [0.717, 1.165) is 5.56 Å². The van der Waals surface area contributed by atoms with Gasteiger partial charge < -0.3 is 19.9 Å². The van der Waals surface area contributed by atoms with Gasteiger partial charge in [0.25, 0.3) is 5.91 Å². The predicted molar refractivity (Wildman–Crippen MR) is 90.1 cm³/mol. The number of nitrogens with one attached hydrogen (secondary N) is 1. The largest absolute Gasteiger partial charge is 0.493 e. The topological polar surface area (TPSA) is 91.6 Å². The first-order chi connectivity index (χ1) is 11.7. The average molecular weight is 346 g/mol. The van der Waals surface area contributed by atoms with Crippen LogP contribution in [0.1, 0.15) is 16.5 Å². The smallest absolute Gasteiger partial charge is 0.254 e. The zero-order chi connectivity index (χ0) is 17.4. The van der Waals surface area contributed by atoms with Crippen molar-refractivity contribution in [2.75, 3.05) is 20.3 Å².